The fraction of sp³-hybridized carbons (Fsp3) is 0.455. The van der Waals surface area contributed by atoms with Crippen LogP contribution in [0.2, 0.25) is 32.5 Å². The van der Waals surface area contributed by atoms with Crippen molar-refractivity contribution in [2.24, 2.45) is 0 Å². The molecule has 0 aromatic heterocycles. The summed E-state index contributed by atoms with van der Waals surface area (Å²) >= 11 is -2.60. The molecule has 0 aliphatic heterocycles. The predicted molar refractivity (Wildman–Crippen MR) is 123 cm³/mol. The van der Waals surface area contributed by atoms with Gasteiger partial charge in [0, 0.05) is 0 Å². The first-order valence-electron chi connectivity index (χ1n) is 9.73. The Balaban J connectivity index is 0.000000293. The summed E-state index contributed by atoms with van der Waals surface area (Å²) in [7, 11) is 0. The number of benzene rings is 2. The minimum atomic E-state index is -0.916. The second-order valence-electron chi connectivity index (χ2n) is 6.53. The molecule has 0 aliphatic carbocycles. The fourth-order valence-electron chi connectivity index (χ4n) is 3.13. The van der Waals surface area contributed by atoms with Gasteiger partial charge in [-0.25, -0.2) is 0 Å². The standard InChI is InChI=1S/C14H24Ge2.C8H11Ge/c1-5-15(6-2)13-11-9-10-12-14(13)16(7-3)8-4;1-9(2)8-6-4-3-5-7-8/h9-12H,5-8H2,1-4H3;3-7H,1-2H3. The van der Waals surface area contributed by atoms with Crippen molar-refractivity contribution in [1.82, 2.24) is 0 Å². The molecule has 0 spiro atoms. The van der Waals surface area contributed by atoms with E-state index >= 15 is 0 Å². The van der Waals surface area contributed by atoms with Crippen molar-refractivity contribution >= 4 is 56.2 Å². The van der Waals surface area contributed by atoms with Gasteiger partial charge in [-0.05, 0) is 0 Å². The fourth-order valence-corrected chi connectivity index (χ4v) is 17.4. The van der Waals surface area contributed by atoms with Crippen molar-refractivity contribution in [3.8, 4) is 0 Å². The van der Waals surface area contributed by atoms with Gasteiger partial charge < -0.3 is 0 Å². The Labute approximate surface area is 170 Å². The average molecular weight is 517 g/mol. The van der Waals surface area contributed by atoms with Crippen LogP contribution >= 0.6 is 0 Å². The number of hydrogen-bond acceptors (Lipinski definition) is 0. The van der Waals surface area contributed by atoms with Crippen molar-refractivity contribution in [3.63, 3.8) is 0 Å². The molecular weight excluding hydrogens is 482 g/mol. The summed E-state index contributed by atoms with van der Waals surface area (Å²) in [4.78, 5) is 0. The molecule has 25 heavy (non-hydrogen) atoms. The Bertz CT molecular complexity index is 542. The van der Waals surface area contributed by atoms with Gasteiger partial charge in [0.05, 0.1) is 0 Å². The third-order valence-electron chi connectivity index (χ3n) is 4.75. The maximum absolute atomic E-state index is 2.45. The molecule has 0 nitrogen and oxygen atoms in total. The Morgan fingerprint density at radius 2 is 0.920 bits per heavy atom. The second kappa shape index (κ2) is 13.3. The third-order valence-corrected chi connectivity index (χ3v) is 21.2. The predicted octanol–water partition coefficient (Wildman–Crippen LogP) is 4.82. The van der Waals surface area contributed by atoms with Crippen LogP contribution in [0.3, 0.4) is 0 Å². The zero-order chi connectivity index (χ0) is 18.7. The van der Waals surface area contributed by atoms with Crippen LogP contribution in [-0.4, -0.2) is 43.0 Å². The van der Waals surface area contributed by atoms with Gasteiger partial charge in [-0.2, -0.15) is 0 Å². The van der Waals surface area contributed by atoms with E-state index in [1.165, 1.54) is 21.0 Å². The monoisotopic (exact) mass is 521 g/mol. The SMILES string of the molecule is C[CH2][Ge]([CH2]C)[c]1cccc[c]1[Ge]([CH2]C)[CH2]C.[CH3][Ge]([CH3])[c]1ccccc1. The summed E-state index contributed by atoms with van der Waals surface area (Å²) in [6.07, 6.45) is 0. The van der Waals surface area contributed by atoms with Crippen molar-refractivity contribution < 1.29 is 0 Å². The van der Waals surface area contributed by atoms with E-state index in [-0.39, 0.29) is 0 Å². The molecule has 0 bridgehead atoms. The molecule has 2 rings (SSSR count). The van der Waals surface area contributed by atoms with E-state index in [4.69, 9.17) is 0 Å². The third kappa shape index (κ3) is 7.68. The Hall–Kier alpha value is 0.0686. The molecule has 0 N–H and O–H groups in total. The molecule has 0 saturated carbocycles. The van der Waals surface area contributed by atoms with Crippen molar-refractivity contribution in [1.29, 1.82) is 0 Å². The first-order valence-corrected chi connectivity index (χ1v) is 23.0. The molecule has 3 heteroatoms. The van der Waals surface area contributed by atoms with Gasteiger partial charge >= 0.3 is 171 Å². The topological polar surface area (TPSA) is 0 Å². The zero-order valence-corrected chi connectivity index (χ0v) is 23.3. The molecule has 2 aromatic carbocycles. The quantitative estimate of drug-likeness (QED) is 0.463. The van der Waals surface area contributed by atoms with E-state index < -0.39 is 43.0 Å². The summed E-state index contributed by atoms with van der Waals surface area (Å²) in [5.41, 5.74) is 0. The summed E-state index contributed by atoms with van der Waals surface area (Å²) in [6.45, 7) is 9.58. The molecule has 0 fully saturated rings. The van der Waals surface area contributed by atoms with Gasteiger partial charge in [0.15, 0.2) is 0 Å². The molecule has 0 heterocycles. The van der Waals surface area contributed by atoms with E-state index in [2.05, 4.69) is 93.8 Å². The van der Waals surface area contributed by atoms with Crippen LogP contribution in [0, 0.1) is 0 Å². The molecule has 135 valence electrons. The molecule has 3 radical (unpaired) electrons. The summed E-state index contributed by atoms with van der Waals surface area (Å²) in [5, 5.41) is 5.80. The van der Waals surface area contributed by atoms with Gasteiger partial charge in [0.2, 0.25) is 0 Å². The van der Waals surface area contributed by atoms with Crippen LogP contribution < -0.4 is 13.2 Å². The molecule has 0 aliphatic rings. The molecule has 0 amide bonds. The van der Waals surface area contributed by atoms with E-state index in [0.717, 1.165) is 0 Å². The van der Waals surface area contributed by atoms with Crippen LogP contribution in [-0.2, 0) is 0 Å². The average Bonchev–Trinajstić information content (AvgIpc) is 2.66. The van der Waals surface area contributed by atoms with Crippen LogP contribution in [0.1, 0.15) is 27.7 Å². The molecule has 0 atom stereocenters. The van der Waals surface area contributed by atoms with Crippen LogP contribution in [0.4, 0.5) is 0 Å². The van der Waals surface area contributed by atoms with Crippen LogP contribution in [0.25, 0.3) is 0 Å². The summed E-state index contributed by atoms with van der Waals surface area (Å²) < 4.78 is 5.26. The van der Waals surface area contributed by atoms with Gasteiger partial charge in [-0.3, -0.25) is 0 Å². The normalized spacial score (nSPS) is 10.9. The van der Waals surface area contributed by atoms with Gasteiger partial charge in [0.1, 0.15) is 0 Å². The van der Waals surface area contributed by atoms with E-state index in [0.29, 0.717) is 0 Å². The first kappa shape index (κ1) is 23.1. The van der Waals surface area contributed by atoms with Crippen molar-refractivity contribution in [2.45, 2.75) is 60.2 Å². The number of rotatable bonds is 7. The first-order chi connectivity index (χ1) is 12.1. The Kier molecular flexibility index (Phi) is 12.3. The van der Waals surface area contributed by atoms with E-state index in [1.807, 2.05) is 8.79 Å². The van der Waals surface area contributed by atoms with Crippen molar-refractivity contribution in [3.05, 3.63) is 54.6 Å². The minimum absolute atomic E-state index is 0.766. The van der Waals surface area contributed by atoms with Crippen LogP contribution in [0.15, 0.2) is 54.6 Å². The summed E-state index contributed by atoms with van der Waals surface area (Å²) in [5.74, 6) is 4.74. The van der Waals surface area contributed by atoms with Gasteiger partial charge in [-0.1, -0.05) is 0 Å². The van der Waals surface area contributed by atoms with E-state index in [9.17, 15) is 0 Å². The maximum atomic E-state index is 2.45. The van der Waals surface area contributed by atoms with E-state index in [1.54, 1.807) is 4.40 Å². The van der Waals surface area contributed by atoms with Crippen LogP contribution in [0.5, 0.6) is 0 Å². The Morgan fingerprint density at radius 1 is 0.560 bits per heavy atom. The summed E-state index contributed by atoms with van der Waals surface area (Å²) in [6, 6.07) is 20.2. The molecule has 0 saturated heterocycles. The molecule has 0 unspecified atom stereocenters. The molecular formula is C22H35Ge3. The Morgan fingerprint density at radius 3 is 1.20 bits per heavy atom. The van der Waals surface area contributed by atoms with Crippen molar-refractivity contribution in [2.75, 3.05) is 0 Å². The second-order valence-corrected chi connectivity index (χ2v) is 25.2. The number of hydrogen-bond donors (Lipinski definition) is 0. The van der Waals surface area contributed by atoms with Gasteiger partial charge in [0.25, 0.3) is 0 Å². The van der Waals surface area contributed by atoms with Gasteiger partial charge in [-0.15, -0.1) is 0 Å². The molecule has 2 aromatic rings. The zero-order valence-electron chi connectivity index (χ0n) is 17.0.